The summed E-state index contributed by atoms with van der Waals surface area (Å²) in [6.45, 7) is 7.55. The second kappa shape index (κ2) is 15.4. The topological polar surface area (TPSA) is 119 Å². The number of aliphatic hydroxyl groups excluding tert-OH is 2. The maximum absolute atomic E-state index is 10.7. The Labute approximate surface area is 141 Å². The molecule has 0 aliphatic heterocycles. The number of rotatable bonds is 8. The molecule has 116 valence electrons. The van der Waals surface area contributed by atoms with Crippen LogP contribution in [0.25, 0.3) is 0 Å². The van der Waals surface area contributed by atoms with E-state index in [0.717, 1.165) is 19.3 Å². The van der Waals surface area contributed by atoms with Gasteiger partial charge in [0.05, 0.1) is 13.2 Å². The molecule has 0 saturated carbocycles. The van der Waals surface area contributed by atoms with Crippen molar-refractivity contribution >= 4 is 45.9 Å². The Kier molecular flexibility index (Phi) is 19.2. The Morgan fingerprint density at radius 1 is 1.35 bits per heavy atom. The first-order valence-corrected chi connectivity index (χ1v) is 6.78. The van der Waals surface area contributed by atoms with Crippen LogP contribution in [0.5, 0.6) is 0 Å². The van der Waals surface area contributed by atoms with Gasteiger partial charge in [-0.1, -0.05) is 6.08 Å². The zero-order chi connectivity index (χ0) is 15.3. The van der Waals surface area contributed by atoms with Crippen LogP contribution in [0.3, 0.4) is 0 Å². The maximum atomic E-state index is 10.7. The summed E-state index contributed by atoms with van der Waals surface area (Å²) < 4.78 is 34.1. The van der Waals surface area contributed by atoms with Gasteiger partial charge in [-0.3, -0.25) is 0 Å². The van der Waals surface area contributed by atoms with Gasteiger partial charge in [0.15, 0.2) is 6.10 Å². The van der Waals surface area contributed by atoms with E-state index in [-0.39, 0.29) is 36.2 Å². The van der Waals surface area contributed by atoms with Crippen molar-refractivity contribution in [1.29, 1.82) is 0 Å². The van der Waals surface area contributed by atoms with Gasteiger partial charge in [0.1, 0.15) is 0 Å². The van der Waals surface area contributed by atoms with Crippen LogP contribution in [-0.4, -0.2) is 86.7 Å². The molecule has 1 atom stereocenters. The normalized spacial score (nSPS) is 11.4. The predicted octanol–water partition coefficient (Wildman–Crippen LogP) is -1.28. The summed E-state index contributed by atoms with van der Waals surface area (Å²) in [7, 11) is -4.49. The Hall–Kier alpha value is -0.000000000000000222. The molecule has 0 aromatic rings. The predicted molar refractivity (Wildman–Crippen MR) is 73.6 cm³/mol. The molecular weight excluding hydrogens is 303 g/mol. The molecule has 0 fully saturated rings. The van der Waals surface area contributed by atoms with E-state index in [0.29, 0.717) is 0 Å². The zero-order valence-corrected chi connectivity index (χ0v) is 11.8. The van der Waals surface area contributed by atoms with Crippen molar-refractivity contribution in [2.24, 2.45) is 0 Å². The average Bonchev–Trinajstić information content (AvgIpc) is 2.36. The molecule has 2 N–H and O–H groups in total. The molecule has 0 aromatic heterocycles. The average molecular weight is 324 g/mol. The summed E-state index contributed by atoms with van der Waals surface area (Å²) >= 11 is 0. The second-order valence-corrected chi connectivity index (χ2v) is 4.08. The molecule has 0 heterocycles. The van der Waals surface area contributed by atoms with Gasteiger partial charge in [-0.15, -0.1) is 6.58 Å². The molecule has 20 heavy (non-hydrogen) atoms. The van der Waals surface area contributed by atoms with E-state index in [4.69, 9.17) is 14.9 Å². The van der Waals surface area contributed by atoms with E-state index in [1.165, 1.54) is 0 Å². The molecule has 0 amide bonds. The third-order valence-electron chi connectivity index (χ3n) is 1.37. The third kappa shape index (κ3) is 16.1. The molecule has 0 saturated heterocycles. The van der Waals surface area contributed by atoms with E-state index < -0.39 is 29.1 Å². The molecule has 0 rings (SSSR count). The molecule has 0 aliphatic rings. The minimum atomic E-state index is -4.49. The Morgan fingerprint density at radius 2 is 1.85 bits per heavy atom. The van der Waals surface area contributed by atoms with Gasteiger partial charge in [-0.05, 0) is 13.8 Å². The summed E-state index contributed by atoms with van der Waals surface area (Å²) in [6, 6.07) is 0. The zero-order valence-electron chi connectivity index (χ0n) is 10.9. The number of ether oxygens (including phenoxy) is 1. The minimum absolute atomic E-state index is 0. The van der Waals surface area contributed by atoms with E-state index in [1.807, 2.05) is 13.8 Å². The van der Waals surface area contributed by atoms with Crippen molar-refractivity contribution in [2.75, 3.05) is 26.4 Å². The van der Waals surface area contributed by atoms with Crippen molar-refractivity contribution in [1.82, 2.24) is 0 Å². The fourth-order valence-electron chi connectivity index (χ4n) is 0.590. The van der Waals surface area contributed by atoms with Crippen LogP contribution in [0.1, 0.15) is 13.8 Å². The third-order valence-corrected chi connectivity index (χ3v) is 2.16. The summed E-state index contributed by atoms with van der Waals surface area (Å²) in [5.74, 6) is -1.50. The quantitative estimate of drug-likeness (QED) is 0.419. The Bertz CT molecular complexity index is 341. The van der Waals surface area contributed by atoms with Crippen LogP contribution in [0.2, 0.25) is 0 Å². The van der Waals surface area contributed by atoms with Crippen LogP contribution < -0.4 is 0 Å². The van der Waals surface area contributed by atoms with Crippen LogP contribution in [0.15, 0.2) is 12.7 Å². The van der Waals surface area contributed by atoms with E-state index in [2.05, 4.69) is 14.9 Å². The summed E-state index contributed by atoms with van der Waals surface area (Å²) in [5, 5.41) is 16.9. The van der Waals surface area contributed by atoms with Gasteiger partial charge in [-0.2, -0.15) is 8.42 Å². The summed E-state index contributed by atoms with van der Waals surface area (Å²) in [4.78, 5) is 10.6. The molecule has 0 aliphatic carbocycles. The summed E-state index contributed by atoms with van der Waals surface area (Å²) in [6.07, 6.45) is -0.773. The monoisotopic (exact) mass is 324 g/mol. The van der Waals surface area contributed by atoms with Crippen molar-refractivity contribution in [2.45, 2.75) is 20.0 Å². The molecule has 0 aromatic carbocycles. The fraction of sp³-hybridized carbons (Fsp3) is 0.700. The Morgan fingerprint density at radius 3 is 2.15 bits per heavy atom. The first-order chi connectivity index (χ1) is 8.84. The standard InChI is InChI=1S/C6H10O7S.C4H10O.Na.H/c1-2-3-12-14(10,11)13-6(9)5(8)4-7;1-3-5-4-2;;/h2,5,7-8H,1,3-4H2;3-4H2,1-2H3;;. The van der Waals surface area contributed by atoms with Crippen LogP contribution >= 0.6 is 0 Å². The van der Waals surface area contributed by atoms with Crippen LogP contribution in [-0.2, 0) is 28.3 Å². The van der Waals surface area contributed by atoms with Gasteiger partial charge >= 0.3 is 45.9 Å². The van der Waals surface area contributed by atoms with Crippen molar-refractivity contribution in [3.8, 4) is 0 Å². The number of hydrogen-bond donors (Lipinski definition) is 2. The number of carbonyl (C=O) groups is 1. The number of hydrogen-bond acceptors (Lipinski definition) is 8. The first-order valence-electron chi connectivity index (χ1n) is 5.44. The van der Waals surface area contributed by atoms with E-state index in [1.54, 1.807) is 0 Å². The number of carbonyl (C=O) groups excluding carboxylic acids is 1. The van der Waals surface area contributed by atoms with Crippen LogP contribution in [0.4, 0.5) is 0 Å². The SMILES string of the molecule is C=CCOS(=O)(=O)OC(=O)C(O)CO.CCOCC.[NaH]. The van der Waals surface area contributed by atoms with Gasteiger partial charge in [0, 0.05) is 13.2 Å². The molecule has 1 unspecified atom stereocenters. The van der Waals surface area contributed by atoms with Gasteiger partial charge < -0.3 is 19.1 Å². The molecular formula is C10H21NaO8S. The van der Waals surface area contributed by atoms with Crippen LogP contribution in [0, 0.1) is 0 Å². The van der Waals surface area contributed by atoms with E-state index in [9.17, 15) is 13.2 Å². The van der Waals surface area contributed by atoms with Gasteiger partial charge in [0.25, 0.3) is 0 Å². The molecule has 10 heteroatoms. The van der Waals surface area contributed by atoms with Gasteiger partial charge in [0.2, 0.25) is 0 Å². The van der Waals surface area contributed by atoms with Gasteiger partial charge in [-0.25, -0.2) is 8.98 Å². The number of aliphatic hydroxyl groups is 2. The molecule has 0 radical (unpaired) electrons. The summed E-state index contributed by atoms with van der Waals surface area (Å²) in [5.41, 5.74) is 0. The Balaban J connectivity index is -0.000000414. The molecule has 0 bridgehead atoms. The van der Waals surface area contributed by atoms with Crippen molar-refractivity contribution in [3.05, 3.63) is 12.7 Å². The molecule has 8 nitrogen and oxygen atoms in total. The van der Waals surface area contributed by atoms with Crippen molar-refractivity contribution < 1.29 is 36.5 Å². The molecule has 0 spiro atoms. The first kappa shape index (κ1) is 25.0. The second-order valence-electron chi connectivity index (χ2n) is 2.86. The van der Waals surface area contributed by atoms with Crippen molar-refractivity contribution in [3.63, 3.8) is 0 Å². The fourth-order valence-corrected chi connectivity index (χ4v) is 1.21. The van der Waals surface area contributed by atoms with E-state index >= 15 is 0 Å².